The molecule has 1 aliphatic rings. The molecule has 0 radical (unpaired) electrons. The van der Waals surface area contributed by atoms with Crippen LogP contribution in [0, 0.1) is 13.8 Å². The van der Waals surface area contributed by atoms with E-state index in [4.69, 9.17) is 4.74 Å². The van der Waals surface area contributed by atoms with E-state index in [-0.39, 0.29) is 5.75 Å². The van der Waals surface area contributed by atoms with Crippen LogP contribution < -0.4 is 10.0 Å². The molecular weight excluding hydrogens is 460 g/mol. The van der Waals surface area contributed by atoms with Gasteiger partial charge in [0.15, 0.2) is 0 Å². The highest BCUT2D eigenvalue weighted by Gasteiger charge is 2.14. The van der Waals surface area contributed by atoms with Crippen molar-refractivity contribution >= 4 is 38.7 Å². The number of thiazole rings is 1. The zero-order valence-electron chi connectivity index (χ0n) is 18.7. The SMILES string of the molecule is Cc1nc(C)c(-c2ccnc(Nc3ccc(NS(=O)(=O)CCCN4CCOCC4)cc3)n2)s1. The van der Waals surface area contributed by atoms with Gasteiger partial charge in [-0.1, -0.05) is 0 Å². The predicted octanol–water partition coefficient (Wildman–Crippen LogP) is 3.42. The summed E-state index contributed by atoms with van der Waals surface area (Å²) in [4.78, 5) is 16.6. The molecule has 0 spiro atoms. The number of morpholine rings is 1. The number of aromatic nitrogens is 3. The van der Waals surface area contributed by atoms with Gasteiger partial charge in [-0.2, -0.15) is 0 Å². The van der Waals surface area contributed by atoms with Gasteiger partial charge in [-0.3, -0.25) is 9.62 Å². The van der Waals surface area contributed by atoms with Crippen molar-refractivity contribution < 1.29 is 13.2 Å². The van der Waals surface area contributed by atoms with E-state index < -0.39 is 10.0 Å². The van der Waals surface area contributed by atoms with Crippen molar-refractivity contribution in [2.24, 2.45) is 0 Å². The number of nitrogens with one attached hydrogen (secondary N) is 2. The third-order valence-electron chi connectivity index (χ3n) is 5.20. The van der Waals surface area contributed by atoms with Crippen LogP contribution in [-0.4, -0.2) is 66.9 Å². The van der Waals surface area contributed by atoms with Gasteiger partial charge in [0.1, 0.15) is 0 Å². The highest BCUT2D eigenvalue weighted by atomic mass is 32.2. The van der Waals surface area contributed by atoms with Crippen LogP contribution in [0.5, 0.6) is 0 Å². The predicted molar refractivity (Wildman–Crippen MR) is 132 cm³/mol. The monoisotopic (exact) mass is 488 g/mol. The Morgan fingerprint density at radius 3 is 2.48 bits per heavy atom. The third kappa shape index (κ3) is 6.70. The van der Waals surface area contributed by atoms with Crippen LogP contribution in [0.3, 0.4) is 0 Å². The van der Waals surface area contributed by atoms with Gasteiger partial charge < -0.3 is 10.1 Å². The Bertz CT molecular complexity index is 1180. The third-order valence-corrected chi connectivity index (χ3v) is 7.67. The molecule has 2 aromatic heterocycles. The molecule has 9 nitrogen and oxygen atoms in total. The smallest absolute Gasteiger partial charge is 0.232 e. The molecule has 0 saturated carbocycles. The number of nitrogens with zero attached hydrogens (tertiary/aromatic N) is 4. The van der Waals surface area contributed by atoms with E-state index >= 15 is 0 Å². The maximum Gasteiger partial charge on any atom is 0.232 e. The zero-order chi connectivity index (χ0) is 23.3. The molecule has 4 rings (SSSR count). The Kier molecular flexibility index (Phi) is 7.53. The molecular formula is C22H28N6O3S2. The molecule has 2 N–H and O–H groups in total. The summed E-state index contributed by atoms with van der Waals surface area (Å²) in [6, 6.07) is 8.90. The van der Waals surface area contributed by atoms with Crippen molar-refractivity contribution in [2.45, 2.75) is 20.3 Å². The number of anilines is 3. The van der Waals surface area contributed by atoms with Crippen LogP contribution in [0.15, 0.2) is 36.5 Å². The molecule has 0 atom stereocenters. The van der Waals surface area contributed by atoms with Crippen LogP contribution in [0.1, 0.15) is 17.1 Å². The van der Waals surface area contributed by atoms with Crippen molar-refractivity contribution in [3.63, 3.8) is 0 Å². The number of sulfonamides is 1. The molecule has 3 aromatic rings. The molecule has 1 saturated heterocycles. The fourth-order valence-electron chi connectivity index (χ4n) is 3.60. The number of rotatable bonds is 9. The summed E-state index contributed by atoms with van der Waals surface area (Å²) in [5.74, 6) is 0.552. The molecule has 1 aromatic carbocycles. The average molecular weight is 489 g/mol. The quantitative estimate of drug-likeness (QED) is 0.472. The molecule has 1 fully saturated rings. The normalized spacial score (nSPS) is 14.8. The summed E-state index contributed by atoms with van der Waals surface area (Å²) >= 11 is 1.60. The highest BCUT2D eigenvalue weighted by molar-refractivity contribution is 7.92. The van der Waals surface area contributed by atoms with Gasteiger partial charge in [-0.05, 0) is 57.1 Å². The molecule has 1 aliphatic heterocycles. The summed E-state index contributed by atoms with van der Waals surface area (Å²) < 4.78 is 32.8. The second kappa shape index (κ2) is 10.6. The number of hydrogen-bond acceptors (Lipinski definition) is 9. The molecule has 11 heteroatoms. The van der Waals surface area contributed by atoms with Crippen molar-refractivity contribution in [3.8, 4) is 10.6 Å². The van der Waals surface area contributed by atoms with Crippen molar-refractivity contribution in [3.05, 3.63) is 47.2 Å². The average Bonchev–Trinajstić information content (AvgIpc) is 3.14. The molecule has 176 valence electrons. The summed E-state index contributed by atoms with van der Waals surface area (Å²) in [7, 11) is -3.40. The molecule has 0 aliphatic carbocycles. The van der Waals surface area contributed by atoms with Gasteiger partial charge in [-0.15, -0.1) is 11.3 Å². The molecule has 0 amide bonds. The van der Waals surface area contributed by atoms with E-state index in [9.17, 15) is 8.42 Å². The lowest BCUT2D eigenvalue weighted by Gasteiger charge is -2.26. The maximum atomic E-state index is 12.4. The summed E-state index contributed by atoms with van der Waals surface area (Å²) in [6.07, 6.45) is 2.29. The van der Waals surface area contributed by atoms with Gasteiger partial charge in [0.25, 0.3) is 0 Å². The van der Waals surface area contributed by atoms with Crippen molar-refractivity contribution in [1.29, 1.82) is 0 Å². The Balaban J connectivity index is 1.32. The van der Waals surface area contributed by atoms with Gasteiger partial charge in [0.05, 0.1) is 40.2 Å². The van der Waals surface area contributed by atoms with E-state index in [1.54, 1.807) is 41.8 Å². The first kappa shape index (κ1) is 23.6. The standard InChI is InChI=1S/C22H28N6O3S2/c1-16-21(32-17(2)24-16)20-8-9-23-22(26-20)25-18-4-6-19(7-5-18)27-33(29,30)15-3-10-28-11-13-31-14-12-28/h4-9,27H,3,10-15H2,1-2H3,(H,23,25,26). The fourth-order valence-corrected chi connectivity index (χ4v) is 5.59. The Labute approximate surface area is 198 Å². The largest absolute Gasteiger partial charge is 0.379 e. The lowest BCUT2D eigenvalue weighted by Crippen LogP contribution is -2.37. The minimum absolute atomic E-state index is 0.0848. The topological polar surface area (TPSA) is 109 Å². The minimum Gasteiger partial charge on any atom is -0.379 e. The zero-order valence-corrected chi connectivity index (χ0v) is 20.4. The van der Waals surface area contributed by atoms with Crippen LogP contribution in [0.2, 0.25) is 0 Å². The van der Waals surface area contributed by atoms with E-state index in [2.05, 4.69) is 29.9 Å². The first-order chi connectivity index (χ1) is 15.9. The summed E-state index contributed by atoms with van der Waals surface area (Å²) in [6.45, 7) is 7.84. The Morgan fingerprint density at radius 2 is 1.79 bits per heavy atom. The minimum atomic E-state index is -3.40. The lowest BCUT2D eigenvalue weighted by molar-refractivity contribution is 0.0381. The number of aryl methyl sites for hydroxylation is 2. The number of ether oxygens (including phenoxy) is 1. The lowest BCUT2D eigenvalue weighted by atomic mass is 10.3. The van der Waals surface area contributed by atoms with Gasteiger partial charge in [0, 0.05) is 30.7 Å². The van der Waals surface area contributed by atoms with Crippen LogP contribution in [0.25, 0.3) is 10.6 Å². The second-order valence-corrected chi connectivity index (χ2v) is 10.9. The summed E-state index contributed by atoms with van der Waals surface area (Å²) in [5, 5.41) is 4.17. The second-order valence-electron chi connectivity index (χ2n) is 7.84. The van der Waals surface area contributed by atoms with E-state index in [0.29, 0.717) is 31.3 Å². The Hall–Kier alpha value is -2.60. The number of benzene rings is 1. The van der Waals surface area contributed by atoms with E-state index in [0.717, 1.165) is 46.6 Å². The van der Waals surface area contributed by atoms with Crippen LogP contribution in [0.4, 0.5) is 17.3 Å². The molecule has 33 heavy (non-hydrogen) atoms. The summed E-state index contributed by atoms with van der Waals surface area (Å²) in [5.41, 5.74) is 3.05. The highest BCUT2D eigenvalue weighted by Crippen LogP contribution is 2.29. The van der Waals surface area contributed by atoms with E-state index in [1.807, 2.05) is 19.9 Å². The Morgan fingerprint density at radius 1 is 1.06 bits per heavy atom. The first-order valence-corrected chi connectivity index (χ1v) is 13.3. The van der Waals surface area contributed by atoms with Gasteiger partial charge in [0.2, 0.25) is 16.0 Å². The van der Waals surface area contributed by atoms with Crippen molar-refractivity contribution in [1.82, 2.24) is 19.9 Å². The van der Waals surface area contributed by atoms with Gasteiger partial charge >= 0.3 is 0 Å². The molecule has 0 unspecified atom stereocenters. The van der Waals surface area contributed by atoms with Gasteiger partial charge in [-0.25, -0.2) is 23.4 Å². The van der Waals surface area contributed by atoms with E-state index in [1.165, 1.54) is 0 Å². The fraction of sp³-hybridized carbons (Fsp3) is 0.409. The van der Waals surface area contributed by atoms with Crippen molar-refractivity contribution in [2.75, 3.05) is 48.6 Å². The molecule has 3 heterocycles. The number of hydrogen-bond donors (Lipinski definition) is 2. The molecule has 0 bridgehead atoms. The van der Waals surface area contributed by atoms with Crippen LogP contribution in [-0.2, 0) is 14.8 Å². The maximum absolute atomic E-state index is 12.4. The van der Waals surface area contributed by atoms with Crippen LogP contribution >= 0.6 is 11.3 Å². The first-order valence-electron chi connectivity index (χ1n) is 10.8.